The van der Waals surface area contributed by atoms with Crippen molar-refractivity contribution in [2.45, 2.75) is 27.7 Å². The summed E-state index contributed by atoms with van der Waals surface area (Å²) in [6, 6.07) is 22.0. The molecule has 4 aromatic rings. The summed E-state index contributed by atoms with van der Waals surface area (Å²) < 4.78 is 0. The van der Waals surface area contributed by atoms with Gasteiger partial charge in [0, 0.05) is 22.5 Å². The first-order valence-corrected chi connectivity index (χ1v) is 12.5. The normalized spacial score (nSPS) is 12.4. The molecule has 39 heavy (non-hydrogen) atoms. The minimum absolute atomic E-state index is 0.137. The molecular weight excluding hydrogens is 490 g/mol. The van der Waals surface area contributed by atoms with Crippen LogP contribution in [0.4, 0.5) is 17.1 Å². The molecular formula is C32H27N3O4. The molecule has 1 heterocycles. The lowest BCUT2D eigenvalue weighted by Gasteiger charge is -2.15. The van der Waals surface area contributed by atoms with Crippen molar-refractivity contribution in [1.29, 1.82) is 0 Å². The van der Waals surface area contributed by atoms with Crippen molar-refractivity contribution in [2.75, 3.05) is 15.5 Å². The smallest absolute Gasteiger partial charge is 0.266 e. The SMILES string of the molecule is Cc1ccc(NC(=O)c2cccc(N3C(=O)c4ccc(C(=O)Nc5ccc(C)c(C)c5)cc4C3=O)c2)cc1C. The van der Waals surface area contributed by atoms with E-state index < -0.39 is 11.8 Å². The van der Waals surface area contributed by atoms with Crippen LogP contribution in [-0.2, 0) is 0 Å². The number of nitrogens with zero attached hydrogens (tertiary/aromatic N) is 1. The van der Waals surface area contributed by atoms with E-state index in [1.807, 2.05) is 64.1 Å². The highest BCUT2D eigenvalue weighted by Crippen LogP contribution is 2.30. The Hall–Kier alpha value is -5.04. The van der Waals surface area contributed by atoms with Gasteiger partial charge in [-0.15, -0.1) is 0 Å². The number of rotatable bonds is 5. The second-order valence-electron chi connectivity index (χ2n) is 9.76. The number of hydrogen-bond donors (Lipinski definition) is 2. The molecule has 0 radical (unpaired) electrons. The van der Waals surface area contributed by atoms with Gasteiger partial charge in [-0.25, -0.2) is 4.90 Å². The molecule has 0 saturated heterocycles. The number of carbonyl (C=O) groups excluding carboxylic acids is 4. The van der Waals surface area contributed by atoms with Gasteiger partial charge in [0.2, 0.25) is 0 Å². The van der Waals surface area contributed by atoms with Crippen molar-refractivity contribution in [2.24, 2.45) is 0 Å². The molecule has 7 heteroatoms. The largest absolute Gasteiger partial charge is 0.322 e. The quantitative estimate of drug-likeness (QED) is 0.307. The average molecular weight is 518 g/mol. The second kappa shape index (κ2) is 10.0. The van der Waals surface area contributed by atoms with Gasteiger partial charge in [0.25, 0.3) is 23.6 Å². The van der Waals surface area contributed by atoms with Crippen LogP contribution in [0.3, 0.4) is 0 Å². The van der Waals surface area contributed by atoms with Crippen LogP contribution >= 0.6 is 0 Å². The number of aryl methyl sites for hydroxylation is 4. The first kappa shape index (κ1) is 25.6. The number of carbonyl (C=O) groups is 4. The van der Waals surface area contributed by atoms with Crippen LogP contribution in [0.1, 0.15) is 63.7 Å². The Kier molecular flexibility index (Phi) is 6.58. The van der Waals surface area contributed by atoms with Crippen LogP contribution in [0.25, 0.3) is 0 Å². The van der Waals surface area contributed by atoms with Crippen LogP contribution in [0.15, 0.2) is 78.9 Å². The molecule has 0 atom stereocenters. The van der Waals surface area contributed by atoms with Crippen LogP contribution in [0.2, 0.25) is 0 Å². The van der Waals surface area contributed by atoms with E-state index in [0.29, 0.717) is 16.9 Å². The fraction of sp³-hybridized carbons (Fsp3) is 0.125. The highest BCUT2D eigenvalue weighted by Gasteiger charge is 2.37. The van der Waals surface area contributed by atoms with Gasteiger partial charge in [-0.1, -0.05) is 18.2 Å². The Morgan fingerprint density at radius 2 is 1.10 bits per heavy atom. The number of nitrogens with one attached hydrogen (secondary N) is 2. The highest BCUT2D eigenvalue weighted by molar-refractivity contribution is 6.35. The second-order valence-corrected chi connectivity index (χ2v) is 9.76. The summed E-state index contributed by atoms with van der Waals surface area (Å²) in [5, 5.41) is 5.70. The molecule has 0 fully saturated rings. The Balaban J connectivity index is 1.37. The predicted molar refractivity (Wildman–Crippen MR) is 152 cm³/mol. The first-order valence-electron chi connectivity index (χ1n) is 12.5. The van der Waals surface area contributed by atoms with Crippen molar-refractivity contribution in [3.05, 3.63) is 123 Å². The van der Waals surface area contributed by atoms with E-state index in [9.17, 15) is 19.2 Å². The van der Waals surface area contributed by atoms with Gasteiger partial charge >= 0.3 is 0 Å². The van der Waals surface area contributed by atoms with Gasteiger partial charge in [0.15, 0.2) is 0 Å². The lowest BCUT2D eigenvalue weighted by molar-refractivity contribution is 0.0923. The molecule has 0 spiro atoms. The maximum Gasteiger partial charge on any atom is 0.266 e. The van der Waals surface area contributed by atoms with Crippen molar-refractivity contribution in [3.63, 3.8) is 0 Å². The monoisotopic (exact) mass is 517 g/mol. The Bertz CT molecular complexity index is 1690. The molecule has 0 unspecified atom stereocenters. The topological polar surface area (TPSA) is 95.6 Å². The average Bonchev–Trinajstić information content (AvgIpc) is 3.17. The zero-order chi connectivity index (χ0) is 27.8. The Morgan fingerprint density at radius 3 is 1.67 bits per heavy atom. The van der Waals surface area contributed by atoms with Crippen molar-refractivity contribution in [1.82, 2.24) is 0 Å². The fourth-order valence-electron chi connectivity index (χ4n) is 4.45. The third kappa shape index (κ3) is 4.94. The minimum Gasteiger partial charge on any atom is -0.322 e. The number of imide groups is 1. The van der Waals surface area contributed by atoms with E-state index in [4.69, 9.17) is 0 Å². The summed E-state index contributed by atoms with van der Waals surface area (Å²) in [7, 11) is 0. The summed E-state index contributed by atoms with van der Waals surface area (Å²) in [5.74, 6) is -1.81. The molecule has 1 aliphatic heterocycles. The molecule has 0 bridgehead atoms. The van der Waals surface area contributed by atoms with E-state index in [0.717, 1.165) is 27.2 Å². The van der Waals surface area contributed by atoms with Gasteiger partial charge in [0.1, 0.15) is 0 Å². The molecule has 0 saturated carbocycles. The minimum atomic E-state index is -0.553. The zero-order valence-corrected chi connectivity index (χ0v) is 22.1. The van der Waals surface area contributed by atoms with Gasteiger partial charge in [0.05, 0.1) is 16.8 Å². The third-order valence-electron chi connectivity index (χ3n) is 7.04. The van der Waals surface area contributed by atoms with E-state index in [2.05, 4.69) is 10.6 Å². The molecule has 1 aliphatic rings. The highest BCUT2D eigenvalue weighted by atomic mass is 16.2. The maximum atomic E-state index is 13.3. The van der Waals surface area contributed by atoms with Gasteiger partial charge in [-0.2, -0.15) is 0 Å². The molecule has 4 amide bonds. The summed E-state index contributed by atoms with van der Waals surface area (Å²) >= 11 is 0. The summed E-state index contributed by atoms with van der Waals surface area (Å²) in [4.78, 5) is 53.4. The zero-order valence-electron chi connectivity index (χ0n) is 22.1. The predicted octanol–water partition coefficient (Wildman–Crippen LogP) is 6.23. The summed E-state index contributed by atoms with van der Waals surface area (Å²) in [6.07, 6.45) is 0. The number of anilines is 3. The van der Waals surface area contributed by atoms with Crippen molar-refractivity contribution >= 4 is 40.7 Å². The van der Waals surface area contributed by atoms with Gasteiger partial charge in [-0.05, 0) is 111 Å². The molecule has 194 valence electrons. The number of benzene rings is 4. The first-order chi connectivity index (χ1) is 18.6. The van der Waals surface area contributed by atoms with Crippen LogP contribution in [-0.4, -0.2) is 23.6 Å². The van der Waals surface area contributed by atoms with Gasteiger partial charge < -0.3 is 10.6 Å². The van der Waals surface area contributed by atoms with Crippen LogP contribution < -0.4 is 15.5 Å². The van der Waals surface area contributed by atoms with E-state index in [1.165, 1.54) is 24.3 Å². The number of hydrogen-bond acceptors (Lipinski definition) is 4. The maximum absolute atomic E-state index is 13.3. The molecule has 0 aliphatic carbocycles. The van der Waals surface area contributed by atoms with Crippen molar-refractivity contribution in [3.8, 4) is 0 Å². The lowest BCUT2D eigenvalue weighted by atomic mass is 10.0. The van der Waals surface area contributed by atoms with E-state index >= 15 is 0 Å². The molecule has 0 aromatic heterocycles. The standard InChI is InChI=1S/C32H27N3O4/c1-18-8-11-24(14-20(18)3)33-29(36)22-6-5-7-26(16-22)35-31(38)27-13-10-23(17-28(27)32(35)39)30(37)34-25-12-9-19(2)21(4)15-25/h5-17H,1-4H3,(H,33,36)(H,34,37). The van der Waals surface area contributed by atoms with E-state index in [1.54, 1.807) is 18.2 Å². The summed E-state index contributed by atoms with van der Waals surface area (Å²) in [5.41, 5.74) is 6.79. The molecule has 5 rings (SSSR count). The van der Waals surface area contributed by atoms with Gasteiger partial charge in [-0.3, -0.25) is 19.2 Å². The van der Waals surface area contributed by atoms with Crippen molar-refractivity contribution < 1.29 is 19.2 Å². The molecule has 2 N–H and O–H groups in total. The third-order valence-corrected chi connectivity index (χ3v) is 7.04. The van der Waals surface area contributed by atoms with E-state index in [-0.39, 0.29) is 34.2 Å². The number of fused-ring (bicyclic) bond motifs is 1. The molecule has 7 nitrogen and oxygen atoms in total. The summed E-state index contributed by atoms with van der Waals surface area (Å²) in [6.45, 7) is 7.91. The molecule has 4 aromatic carbocycles. The van der Waals surface area contributed by atoms with Crippen LogP contribution in [0.5, 0.6) is 0 Å². The fourth-order valence-corrected chi connectivity index (χ4v) is 4.45. The lowest BCUT2D eigenvalue weighted by Crippen LogP contribution is -2.29. The number of amides is 4. The Labute approximate surface area is 226 Å². The van der Waals surface area contributed by atoms with Crippen LogP contribution in [0, 0.1) is 27.7 Å². The Morgan fingerprint density at radius 1 is 0.564 bits per heavy atom.